The van der Waals surface area contributed by atoms with E-state index < -0.39 is 0 Å². The van der Waals surface area contributed by atoms with Crippen molar-refractivity contribution in [2.24, 2.45) is 24.6 Å². The first kappa shape index (κ1) is 13.1. The minimum atomic E-state index is 0.548. The van der Waals surface area contributed by atoms with Crippen molar-refractivity contribution in [3.63, 3.8) is 0 Å². The van der Waals surface area contributed by atoms with Gasteiger partial charge in [-0.3, -0.25) is 0 Å². The summed E-state index contributed by atoms with van der Waals surface area (Å²) in [5.41, 5.74) is 9.47. The molecule has 0 saturated carbocycles. The topological polar surface area (TPSA) is 43.8 Å². The molecule has 0 radical (unpaired) electrons. The Morgan fingerprint density at radius 3 is 2.67 bits per heavy atom. The number of hydrogen-bond donors (Lipinski definition) is 1. The van der Waals surface area contributed by atoms with Crippen molar-refractivity contribution in [1.29, 1.82) is 0 Å². The van der Waals surface area contributed by atoms with Crippen molar-refractivity contribution >= 4 is 11.0 Å². The minimum absolute atomic E-state index is 0.548. The molecule has 3 heteroatoms. The van der Waals surface area contributed by atoms with E-state index in [9.17, 15) is 0 Å². The Bertz CT molecular complexity index is 540. The summed E-state index contributed by atoms with van der Waals surface area (Å²) in [5, 5.41) is 0. The van der Waals surface area contributed by atoms with Gasteiger partial charge >= 0.3 is 0 Å². The third-order valence-corrected chi connectivity index (χ3v) is 3.91. The second-order valence-electron chi connectivity index (χ2n) is 5.49. The van der Waals surface area contributed by atoms with E-state index in [1.54, 1.807) is 0 Å². The molecule has 2 rings (SSSR count). The maximum absolute atomic E-state index is 5.84. The second-order valence-corrected chi connectivity index (χ2v) is 5.49. The third kappa shape index (κ3) is 2.41. The molecular weight excluding hydrogens is 222 g/mol. The van der Waals surface area contributed by atoms with Crippen LogP contribution in [-0.4, -0.2) is 16.1 Å². The van der Waals surface area contributed by atoms with Gasteiger partial charge in [0.1, 0.15) is 5.82 Å². The second kappa shape index (κ2) is 5.11. The molecule has 0 saturated heterocycles. The average Bonchev–Trinajstić information content (AvgIpc) is 2.61. The van der Waals surface area contributed by atoms with Crippen molar-refractivity contribution in [1.82, 2.24) is 9.55 Å². The standard InChI is InChI=1S/C15H23N3/c1-10(2)13(9-16)7-12-5-6-15-14(8-12)17-11(3)18(15)4/h5-6,8,10,13H,7,9,16H2,1-4H3. The van der Waals surface area contributed by atoms with Crippen LogP contribution in [0.5, 0.6) is 0 Å². The maximum Gasteiger partial charge on any atom is 0.106 e. The SMILES string of the molecule is Cc1nc2cc(CC(CN)C(C)C)ccc2n1C. The fourth-order valence-electron chi connectivity index (χ4n) is 2.39. The largest absolute Gasteiger partial charge is 0.331 e. The third-order valence-electron chi connectivity index (χ3n) is 3.91. The molecule has 98 valence electrons. The van der Waals surface area contributed by atoms with Gasteiger partial charge in [-0.1, -0.05) is 19.9 Å². The molecule has 0 bridgehead atoms. The number of hydrogen-bond acceptors (Lipinski definition) is 2. The number of aromatic nitrogens is 2. The van der Waals surface area contributed by atoms with Gasteiger partial charge in [-0.15, -0.1) is 0 Å². The molecule has 2 aromatic rings. The van der Waals surface area contributed by atoms with E-state index in [0.717, 1.165) is 24.3 Å². The van der Waals surface area contributed by atoms with Crippen LogP contribution in [0.3, 0.4) is 0 Å². The van der Waals surface area contributed by atoms with Crippen LogP contribution in [0.1, 0.15) is 25.2 Å². The maximum atomic E-state index is 5.84. The van der Waals surface area contributed by atoms with E-state index in [-0.39, 0.29) is 0 Å². The first-order valence-corrected chi connectivity index (χ1v) is 6.65. The summed E-state index contributed by atoms with van der Waals surface area (Å²) in [4.78, 5) is 4.58. The lowest BCUT2D eigenvalue weighted by Gasteiger charge is -2.18. The van der Waals surface area contributed by atoms with Crippen LogP contribution in [0.25, 0.3) is 11.0 Å². The van der Waals surface area contributed by atoms with Crippen LogP contribution in [-0.2, 0) is 13.5 Å². The molecular formula is C15H23N3. The zero-order valence-corrected chi connectivity index (χ0v) is 11.8. The minimum Gasteiger partial charge on any atom is -0.331 e. The van der Waals surface area contributed by atoms with E-state index in [2.05, 4.69) is 48.6 Å². The summed E-state index contributed by atoms with van der Waals surface area (Å²) in [7, 11) is 2.06. The molecule has 1 aromatic heterocycles. The number of rotatable bonds is 4. The number of nitrogens with two attached hydrogens (primary N) is 1. The lowest BCUT2D eigenvalue weighted by Crippen LogP contribution is -2.22. The Morgan fingerprint density at radius 1 is 1.33 bits per heavy atom. The van der Waals surface area contributed by atoms with Crippen LogP contribution >= 0.6 is 0 Å². The van der Waals surface area contributed by atoms with Gasteiger partial charge in [0.25, 0.3) is 0 Å². The summed E-state index contributed by atoms with van der Waals surface area (Å²) >= 11 is 0. The molecule has 2 N–H and O–H groups in total. The Kier molecular flexibility index (Phi) is 3.71. The average molecular weight is 245 g/mol. The molecule has 1 unspecified atom stereocenters. The highest BCUT2D eigenvalue weighted by Gasteiger charge is 2.13. The van der Waals surface area contributed by atoms with Gasteiger partial charge in [-0.2, -0.15) is 0 Å². The predicted octanol–water partition coefficient (Wildman–Crippen LogP) is 2.66. The van der Waals surface area contributed by atoms with Gasteiger partial charge in [0.15, 0.2) is 0 Å². The molecule has 0 aliphatic rings. The first-order chi connectivity index (χ1) is 8.52. The van der Waals surface area contributed by atoms with Crippen molar-refractivity contribution in [3.8, 4) is 0 Å². The van der Waals surface area contributed by atoms with E-state index in [1.165, 1.54) is 11.1 Å². The van der Waals surface area contributed by atoms with Crippen molar-refractivity contribution in [3.05, 3.63) is 29.6 Å². The molecule has 0 aliphatic carbocycles. The van der Waals surface area contributed by atoms with E-state index >= 15 is 0 Å². The Balaban J connectivity index is 2.30. The molecule has 1 aromatic carbocycles. The summed E-state index contributed by atoms with van der Waals surface area (Å²) in [6.07, 6.45) is 1.04. The highest BCUT2D eigenvalue weighted by atomic mass is 15.0. The van der Waals surface area contributed by atoms with Crippen LogP contribution < -0.4 is 5.73 Å². The zero-order chi connectivity index (χ0) is 13.3. The Morgan fingerprint density at radius 2 is 2.06 bits per heavy atom. The summed E-state index contributed by atoms with van der Waals surface area (Å²) in [5.74, 6) is 2.23. The van der Waals surface area contributed by atoms with Crippen molar-refractivity contribution in [2.75, 3.05) is 6.54 Å². The Labute approximate surface area is 109 Å². The van der Waals surface area contributed by atoms with E-state index in [4.69, 9.17) is 5.73 Å². The van der Waals surface area contributed by atoms with Gasteiger partial charge in [0.2, 0.25) is 0 Å². The van der Waals surface area contributed by atoms with Gasteiger partial charge in [0, 0.05) is 7.05 Å². The van der Waals surface area contributed by atoms with Crippen LogP contribution in [0.4, 0.5) is 0 Å². The Hall–Kier alpha value is -1.35. The molecule has 0 aliphatic heterocycles. The van der Waals surface area contributed by atoms with Crippen LogP contribution in [0.2, 0.25) is 0 Å². The predicted molar refractivity (Wildman–Crippen MR) is 76.5 cm³/mol. The lowest BCUT2D eigenvalue weighted by molar-refractivity contribution is 0.392. The van der Waals surface area contributed by atoms with Gasteiger partial charge in [0.05, 0.1) is 11.0 Å². The summed E-state index contributed by atoms with van der Waals surface area (Å²) in [6, 6.07) is 6.57. The first-order valence-electron chi connectivity index (χ1n) is 6.65. The molecule has 0 amide bonds. The quantitative estimate of drug-likeness (QED) is 0.900. The summed E-state index contributed by atoms with van der Waals surface area (Å²) < 4.78 is 2.13. The molecule has 1 atom stereocenters. The normalized spacial score (nSPS) is 13.4. The smallest absolute Gasteiger partial charge is 0.106 e. The van der Waals surface area contributed by atoms with Crippen molar-refractivity contribution in [2.45, 2.75) is 27.2 Å². The van der Waals surface area contributed by atoms with Gasteiger partial charge < -0.3 is 10.3 Å². The van der Waals surface area contributed by atoms with E-state index in [0.29, 0.717) is 11.8 Å². The molecule has 18 heavy (non-hydrogen) atoms. The fraction of sp³-hybridized carbons (Fsp3) is 0.533. The lowest BCUT2D eigenvalue weighted by atomic mass is 9.89. The monoisotopic (exact) mass is 245 g/mol. The zero-order valence-electron chi connectivity index (χ0n) is 11.8. The van der Waals surface area contributed by atoms with E-state index in [1.807, 2.05) is 6.92 Å². The number of imidazole rings is 1. The van der Waals surface area contributed by atoms with Crippen LogP contribution in [0, 0.1) is 18.8 Å². The number of benzene rings is 1. The molecule has 0 spiro atoms. The van der Waals surface area contributed by atoms with Crippen molar-refractivity contribution < 1.29 is 0 Å². The molecule has 0 fully saturated rings. The molecule has 3 nitrogen and oxygen atoms in total. The van der Waals surface area contributed by atoms with Gasteiger partial charge in [-0.05, 0) is 49.4 Å². The highest BCUT2D eigenvalue weighted by molar-refractivity contribution is 5.76. The number of fused-ring (bicyclic) bond motifs is 1. The van der Waals surface area contributed by atoms with Gasteiger partial charge in [-0.25, -0.2) is 4.98 Å². The van der Waals surface area contributed by atoms with Crippen LogP contribution in [0.15, 0.2) is 18.2 Å². The number of aryl methyl sites for hydroxylation is 2. The summed E-state index contributed by atoms with van der Waals surface area (Å²) in [6.45, 7) is 7.26. The fourth-order valence-corrected chi connectivity index (χ4v) is 2.39. The number of nitrogens with zero attached hydrogens (tertiary/aromatic N) is 2. The molecule has 1 heterocycles. The highest BCUT2D eigenvalue weighted by Crippen LogP contribution is 2.21.